The smallest absolute Gasteiger partial charge is 0.278 e. The summed E-state index contributed by atoms with van der Waals surface area (Å²) < 4.78 is 28.6. The Morgan fingerprint density at radius 1 is 1.36 bits per heavy atom. The number of unbranched alkanes of at least 4 members (excludes halogenated alkanes) is 2. The molecule has 0 aromatic rings. The van der Waals surface area contributed by atoms with E-state index in [4.69, 9.17) is 4.55 Å². The van der Waals surface area contributed by atoms with Gasteiger partial charge in [-0.2, -0.15) is 8.42 Å². The molecular formula is C6H15NO3S. The Kier molecular flexibility index (Phi) is 5.45. The van der Waals surface area contributed by atoms with E-state index in [0.717, 1.165) is 19.3 Å². The minimum Gasteiger partial charge on any atom is -0.302 e. The van der Waals surface area contributed by atoms with Gasteiger partial charge in [0.1, 0.15) is 5.88 Å². The van der Waals surface area contributed by atoms with E-state index >= 15 is 0 Å². The number of hydrogen-bond acceptors (Lipinski definition) is 3. The molecule has 11 heavy (non-hydrogen) atoms. The lowest BCUT2D eigenvalue weighted by Gasteiger charge is -2.00. The second kappa shape index (κ2) is 5.51. The maximum Gasteiger partial charge on any atom is 0.278 e. The van der Waals surface area contributed by atoms with Gasteiger partial charge in [-0.1, -0.05) is 19.8 Å². The van der Waals surface area contributed by atoms with Crippen molar-refractivity contribution in [3.05, 3.63) is 0 Å². The first kappa shape index (κ1) is 10.9. The van der Waals surface area contributed by atoms with Crippen LogP contribution in [0.1, 0.15) is 26.2 Å². The third kappa shape index (κ3) is 9.87. The van der Waals surface area contributed by atoms with E-state index in [1.54, 1.807) is 0 Å². The van der Waals surface area contributed by atoms with Crippen molar-refractivity contribution in [2.75, 3.05) is 12.4 Å². The lowest BCUT2D eigenvalue weighted by atomic mass is 10.2. The summed E-state index contributed by atoms with van der Waals surface area (Å²) in [4.78, 5) is 0. The van der Waals surface area contributed by atoms with Crippen LogP contribution in [0, 0.1) is 0 Å². The van der Waals surface area contributed by atoms with Gasteiger partial charge in [-0.15, -0.1) is 0 Å². The Labute approximate surface area is 67.7 Å². The fraction of sp³-hybridized carbons (Fsp3) is 1.00. The third-order valence-electron chi connectivity index (χ3n) is 1.24. The zero-order valence-corrected chi connectivity index (χ0v) is 7.52. The van der Waals surface area contributed by atoms with Crippen LogP contribution in [0.25, 0.3) is 0 Å². The lowest BCUT2D eigenvalue weighted by molar-refractivity contribution is 0.475. The predicted octanol–water partition coefficient (Wildman–Crippen LogP) is 0.612. The Morgan fingerprint density at radius 3 is 2.45 bits per heavy atom. The van der Waals surface area contributed by atoms with Crippen LogP contribution in [0.15, 0.2) is 0 Å². The van der Waals surface area contributed by atoms with Gasteiger partial charge in [-0.25, -0.2) is 0 Å². The Hall–Kier alpha value is -0.130. The molecule has 0 unspecified atom stereocenters. The van der Waals surface area contributed by atoms with Gasteiger partial charge < -0.3 is 5.32 Å². The number of nitrogens with one attached hydrogen (secondary N) is 1. The van der Waals surface area contributed by atoms with Gasteiger partial charge in [-0.3, -0.25) is 4.55 Å². The first-order chi connectivity index (χ1) is 5.06. The Morgan fingerprint density at radius 2 is 2.00 bits per heavy atom. The van der Waals surface area contributed by atoms with Gasteiger partial charge >= 0.3 is 0 Å². The highest BCUT2D eigenvalue weighted by molar-refractivity contribution is 7.85. The molecular weight excluding hydrogens is 166 g/mol. The first-order valence-electron chi connectivity index (χ1n) is 3.72. The summed E-state index contributed by atoms with van der Waals surface area (Å²) >= 11 is 0. The van der Waals surface area contributed by atoms with Gasteiger partial charge in [-0.05, 0) is 13.0 Å². The van der Waals surface area contributed by atoms with Crippen molar-refractivity contribution < 1.29 is 13.0 Å². The Balaban J connectivity index is 3.16. The monoisotopic (exact) mass is 181 g/mol. The van der Waals surface area contributed by atoms with Crippen LogP contribution in [0.5, 0.6) is 0 Å². The van der Waals surface area contributed by atoms with Gasteiger partial charge in [0.25, 0.3) is 10.1 Å². The highest BCUT2D eigenvalue weighted by Crippen LogP contribution is 1.90. The summed E-state index contributed by atoms with van der Waals surface area (Å²) in [6, 6.07) is 0. The molecule has 0 saturated carbocycles. The molecule has 5 heteroatoms. The second-order valence-electron chi connectivity index (χ2n) is 2.43. The van der Waals surface area contributed by atoms with E-state index in [9.17, 15) is 8.42 Å². The summed E-state index contributed by atoms with van der Waals surface area (Å²) in [5.41, 5.74) is 0. The molecule has 0 bridgehead atoms. The van der Waals surface area contributed by atoms with Crippen molar-refractivity contribution in [1.82, 2.24) is 5.32 Å². The quantitative estimate of drug-likeness (QED) is 0.465. The fourth-order valence-corrected chi connectivity index (χ4v) is 1.10. The van der Waals surface area contributed by atoms with Crippen molar-refractivity contribution in [2.45, 2.75) is 26.2 Å². The minimum atomic E-state index is -3.82. The molecule has 0 spiro atoms. The lowest BCUT2D eigenvalue weighted by Crippen LogP contribution is -2.23. The van der Waals surface area contributed by atoms with Crippen LogP contribution in [-0.2, 0) is 10.1 Å². The summed E-state index contributed by atoms with van der Waals surface area (Å²) in [6.07, 6.45) is 3.14. The normalized spacial score (nSPS) is 11.8. The van der Waals surface area contributed by atoms with Gasteiger partial charge in [0.2, 0.25) is 0 Å². The maximum absolute atomic E-state index is 10.2. The van der Waals surface area contributed by atoms with Gasteiger partial charge in [0, 0.05) is 0 Å². The predicted molar refractivity (Wildman–Crippen MR) is 43.9 cm³/mol. The molecule has 0 aromatic carbocycles. The highest BCUT2D eigenvalue weighted by atomic mass is 32.2. The van der Waals surface area contributed by atoms with Crippen molar-refractivity contribution in [3.8, 4) is 0 Å². The molecule has 0 aromatic heterocycles. The van der Waals surface area contributed by atoms with Crippen LogP contribution in [0.4, 0.5) is 0 Å². The number of rotatable bonds is 6. The third-order valence-corrected chi connectivity index (χ3v) is 1.81. The molecule has 4 nitrogen and oxygen atoms in total. The molecule has 0 heterocycles. The molecule has 0 fully saturated rings. The van der Waals surface area contributed by atoms with Crippen molar-refractivity contribution in [1.29, 1.82) is 0 Å². The maximum atomic E-state index is 10.2. The van der Waals surface area contributed by atoms with E-state index in [2.05, 4.69) is 12.2 Å². The largest absolute Gasteiger partial charge is 0.302 e. The van der Waals surface area contributed by atoms with E-state index in [-0.39, 0.29) is 5.88 Å². The van der Waals surface area contributed by atoms with Crippen LogP contribution < -0.4 is 5.32 Å². The van der Waals surface area contributed by atoms with E-state index < -0.39 is 10.1 Å². The van der Waals surface area contributed by atoms with Crippen molar-refractivity contribution >= 4 is 10.1 Å². The zero-order chi connectivity index (χ0) is 8.74. The molecule has 0 rings (SSSR count). The molecule has 0 radical (unpaired) electrons. The standard InChI is InChI=1S/C6H15NO3S/c1-2-3-4-5-7-6-11(8,9)10/h7H,2-6H2,1H3,(H,8,9,10). The van der Waals surface area contributed by atoms with Gasteiger partial charge in [0.15, 0.2) is 0 Å². The molecule has 0 atom stereocenters. The average molecular weight is 181 g/mol. The molecule has 0 saturated heterocycles. The summed E-state index contributed by atoms with van der Waals surface area (Å²) in [7, 11) is -3.82. The summed E-state index contributed by atoms with van der Waals surface area (Å²) in [5, 5.41) is 2.62. The fourth-order valence-electron chi connectivity index (χ4n) is 0.701. The second-order valence-corrected chi connectivity index (χ2v) is 3.89. The number of hydrogen-bond donors (Lipinski definition) is 2. The van der Waals surface area contributed by atoms with Crippen LogP contribution >= 0.6 is 0 Å². The average Bonchev–Trinajstić information content (AvgIpc) is 1.85. The Bertz CT molecular complexity index is 176. The summed E-state index contributed by atoms with van der Waals surface area (Å²) in [5.74, 6) is -0.337. The zero-order valence-electron chi connectivity index (χ0n) is 6.71. The minimum absolute atomic E-state index is 0.337. The summed E-state index contributed by atoms with van der Waals surface area (Å²) in [6.45, 7) is 2.72. The molecule has 68 valence electrons. The molecule has 0 aliphatic rings. The molecule has 0 amide bonds. The van der Waals surface area contributed by atoms with Crippen LogP contribution in [0.3, 0.4) is 0 Å². The van der Waals surface area contributed by atoms with E-state index in [1.807, 2.05) is 0 Å². The van der Waals surface area contributed by atoms with Gasteiger partial charge in [0.05, 0.1) is 0 Å². The van der Waals surface area contributed by atoms with Crippen molar-refractivity contribution in [3.63, 3.8) is 0 Å². The van der Waals surface area contributed by atoms with E-state index in [0.29, 0.717) is 6.54 Å². The highest BCUT2D eigenvalue weighted by Gasteiger charge is 2.00. The topological polar surface area (TPSA) is 66.4 Å². The van der Waals surface area contributed by atoms with E-state index in [1.165, 1.54) is 0 Å². The molecule has 0 aliphatic carbocycles. The SMILES string of the molecule is CCCCCNCS(=O)(=O)O. The molecule has 2 N–H and O–H groups in total. The van der Waals surface area contributed by atoms with Crippen molar-refractivity contribution in [2.24, 2.45) is 0 Å². The van der Waals surface area contributed by atoms with Crippen LogP contribution in [0.2, 0.25) is 0 Å². The van der Waals surface area contributed by atoms with Crippen LogP contribution in [-0.4, -0.2) is 25.4 Å². The first-order valence-corrected chi connectivity index (χ1v) is 5.33. The molecule has 0 aliphatic heterocycles.